The van der Waals surface area contributed by atoms with Crippen LogP contribution >= 0.6 is 23.2 Å². The Bertz CT molecular complexity index is 876. The lowest BCUT2D eigenvalue weighted by Crippen LogP contribution is -2.15. The lowest BCUT2D eigenvalue weighted by molar-refractivity contribution is 0.0805. The molecule has 5 nitrogen and oxygen atoms in total. The number of hydrogen-bond donors (Lipinski definition) is 1. The molecule has 7 heteroatoms. The van der Waals surface area contributed by atoms with Crippen LogP contribution < -0.4 is 5.32 Å². The van der Waals surface area contributed by atoms with Crippen molar-refractivity contribution in [3.05, 3.63) is 58.0 Å². The number of rotatable bonds is 4. The molecule has 4 rings (SSSR count). The molecule has 1 atom stereocenters. The lowest BCUT2D eigenvalue weighted by atomic mass is 9.96. The van der Waals surface area contributed by atoms with E-state index in [9.17, 15) is 0 Å². The summed E-state index contributed by atoms with van der Waals surface area (Å²) >= 11 is 12.7. The normalized spacial score (nSPS) is 17.8. The Kier molecular flexibility index (Phi) is 4.79. The van der Waals surface area contributed by atoms with E-state index in [4.69, 9.17) is 27.9 Å². The number of hydrogen-bond acceptors (Lipinski definition) is 4. The highest BCUT2D eigenvalue weighted by molar-refractivity contribution is 6.31. The molecule has 0 aliphatic carbocycles. The molecule has 0 bridgehead atoms. The van der Waals surface area contributed by atoms with Crippen molar-refractivity contribution >= 4 is 34.5 Å². The van der Waals surface area contributed by atoms with Gasteiger partial charge in [-0.1, -0.05) is 41.9 Å². The standard InChI is InChI=1S/C18H18Cl2N4O/c19-16-14(13-7-4-8-25-11-13)9-15-17(22-18(20)23-24(15)16)21-10-12-5-2-1-3-6-12/h1-3,5-6,9,13H,4,7-8,10-11H2,(H,21,22,23). The first-order valence-electron chi connectivity index (χ1n) is 8.32. The van der Waals surface area contributed by atoms with E-state index in [-0.39, 0.29) is 11.2 Å². The van der Waals surface area contributed by atoms with E-state index in [1.165, 1.54) is 0 Å². The molecule has 1 aromatic carbocycles. The highest BCUT2D eigenvalue weighted by Crippen LogP contribution is 2.35. The second kappa shape index (κ2) is 7.20. The molecule has 0 saturated carbocycles. The number of benzene rings is 1. The number of fused-ring (bicyclic) bond motifs is 1. The molecular formula is C18H18Cl2N4O. The molecule has 0 amide bonds. The number of nitrogens with one attached hydrogen (secondary N) is 1. The Morgan fingerprint density at radius 1 is 1.24 bits per heavy atom. The zero-order chi connectivity index (χ0) is 17.2. The topological polar surface area (TPSA) is 51.5 Å². The molecule has 1 aliphatic heterocycles. The van der Waals surface area contributed by atoms with E-state index in [0.717, 1.165) is 36.1 Å². The second-order valence-electron chi connectivity index (χ2n) is 6.17. The van der Waals surface area contributed by atoms with E-state index in [2.05, 4.69) is 27.5 Å². The maximum Gasteiger partial charge on any atom is 0.243 e. The van der Waals surface area contributed by atoms with Crippen LogP contribution in [0.1, 0.15) is 29.9 Å². The molecule has 1 unspecified atom stereocenters. The molecule has 1 N–H and O–H groups in total. The Hall–Kier alpha value is -1.82. The van der Waals surface area contributed by atoms with Crippen LogP contribution in [0.5, 0.6) is 0 Å². The Morgan fingerprint density at radius 2 is 2.08 bits per heavy atom. The van der Waals surface area contributed by atoms with Crippen molar-refractivity contribution in [1.82, 2.24) is 14.6 Å². The second-order valence-corrected chi connectivity index (χ2v) is 6.87. The van der Waals surface area contributed by atoms with Crippen molar-refractivity contribution in [3.8, 4) is 0 Å². The fourth-order valence-electron chi connectivity index (χ4n) is 3.20. The van der Waals surface area contributed by atoms with Gasteiger partial charge in [0.05, 0.1) is 6.61 Å². The van der Waals surface area contributed by atoms with Crippen molar-refractivity contribution in [3.63, 3.8) is 0 Å². The van der Waals surface area contributed by atoms with E-state index in [0.29, 0.717) is 24.1 Å². The van der Waals surface area contributed by atoms with Crippen molar-refractivity contribution in [2.75, 3.05) is 18.5 Å². The summed E-state index contributed by atoms with van der Waals surface area (Å²) in [5.41, 5.74) is 3.03. The van der Waals surface area contributed by atoms with Gasteiger partial charge in [-0.2, -0.15) is 4.98 Å². The van der Waals surface area contributed by atoms with E-state index < -0.39 is 0 Å². The fourth-order valence-corrected chi connectivity index (χ4v) is 3.70. The van der Waals surface area contributed by atoms with Gasteiger partial charge in [-0.05, 0) is 41.6 Å². The minimum Gasteiger partial charge on any atom is -0.381 e. The smallest absolute Gasteiger partial charge is 0.243 e. The van der Waals surface area contributed by atoms with Gasteiger partial charge in [0.15, 0.2) is 5.82 Å². The van der Waals surface area contributed by atoms with Crippen molar-refractivity contribution in [1.29, 1.82) is 0 Å². The third-order valence-corrected chi connectivity index (χ3v) is 5.02. The molecular weight excluding hydrogens is 359 g/mol. The van der Waals surface area contributed by atoms with Crippen LogP contribution in [-0.2, 0) is 11.3 Å². The minimum atomic E-state index is 0.159. The van der Waals surface area contributed by atoms with E-state index in [1.54, 1.807) is 4.52 Å². The summed E-state index contributed by atoms with van der Waals surface area (Å²) in [5.74, 6) is 0.956. The first-order chi connectivity index (χ1) is 12.2. The monoisotopic (exact) mass is 376 g/mol. The van der Waals surface area contributed by atoms with Crippen molar-refractivity contribution in [2.24, 2.45) is 0 Å². The molecule has 25 heavy (non-hydrogen) atoms. The molecule has 1 fully saturated rings. The number of halogens is 2. The van der Waals surface area contributed by atoms with Crippen LogP contribution in [0.3, 0.4) is 0 Å². The average molecular weight is 377 g/mol. The van der Waals surface area contributed by atoms with Gasteiger partial charge in [0.2, 0.25) is 5.28 Å². The van der Waals surface area contributed by atoms with Gasteiger partial charge in [0, 0.05) is 19.1 Å². The van der Waals surface area contributed by atoms with Crippen molar-refractivity contribution < 1.29 is 4.74 Å². The zero-order valence-corrected chi connectivity index (χ0v) is 15.1. The number of nitrogens with zero attached hydrogens (tertiary/aromatic N) is 3. The van der Waals surface area contributed by atoms with Gasteiger partial charge >= 0.3 is 0 Å². The van der Waals surface area contributed by atoms with Crippen LogP contribution in [0.4, 0.5) is 5.82 Å². The van der Waals surface area contributed by atoms with Gasteiger partial charge < -0.3 is 10.1 Å². The quantitative estimate of drug-likeness (QED) is 0.725. The predicted octanol–water partition coefficient (Wildman–Crippen LogP) is 4.54. The molecule has 3 aromatic rings. The summed E-state index contributed by atoms with van der Waals surface area (Å²) in [4.78, 5) is 4.35. The van der Waals surface area contributed by atoms with Gasteiger partial charge in [-0.15, -0.1) is 5.10 Å². The molecule has 3 heterocycles. The average Bonchev–Trinajstić information content (AvgIpc) is 2.98. The number of aromatic nitrogens is 3. The van der Waals surface area contributed by atoms with E-state index in [1.807, 2.05) is 24.3 Å². The van der Waals surface area contributed by atoms with Gasteiger partial charge in [0.1, 0.15) is 10.7 Å². The zero-order valence-electron chi connectivity index (χ0n) is 13.6. The summed E-state index contributed by atoms with van der Waals surface area (Å²) in [6, 6.07) is 12.2. The maximum absolute atomic E-state index is 6.58. The SMILES string of the molecule is Clc1nc(NCc2ccccc2)c2cc(C3CCCOC3)c(Cl)n2n1. The molecule has 2 aromatic heterocycles. The van der Waals surface area contributed by atoms with Crippen LogP contribution in [0.25, 0.3) is 5.52 Å². The summed E-state index contributed by atoms with van der Waals surface area (Å²) in [6.07, 6.45) is 2.10. The Morgan fingerprint density at radius 3 is 2.84 bits per heavy atom. The largest absolute Gasteiger partial charge is 0.381 e. The molecule has 0 radical (unpaired) electrons. The van der Waals surface area contributed by atoms with Gasteiger partial charge in [0.25, 0.3) is 0 Å². The van der Waals surface area contributed by atoms with Gasteiger partial charge in [-0.25, -0.2) is 4.52 Å². The van der Waals surface area contributed by atoms with Crippen LogP contribution in [0.15, 0.2) is 36.4 Å². The third kappa shape index (κ3) is 3.45. The minimum absolute atomic E-state index is 0.159. The van der Waals surface area contributed by atoms with E-state index >= 15 is 0 Å². The molecule has 130 valence electrons. The third-order valence-electron chi connectivity index (χ3n) is 4.48. The first kappa shape index (κ1) is 16.6. The van der Waals surface area contributed by atoms with Crippen LogP contribution in [0.2, 0.25) is 10.4 Å². The summed E-state index contributed by atoms with van der Waals surface area (Å²) in [7, 11) is 0. The Labute approximate surface area is 155 Å². The van der Waals surface area contributed by atoms with Crippen LogP contribution in [0, 0.1) is 0 Å². The highest BCUT2D eigenvalue weighted by atomic mass is 35.5. The maximum atomic E-state index is 6.58. The number of ether oxygens (including phenoxy) is 1. The molecule has 1 saturated heterocycles. The van der Waals surface area contributed by atoms with Gasteiger partial charge in [-0.3, -0.25) is 0 Å². The molecule has 0 spiro atoms. The predicted molar refractivity (Wildman–Crippen MR) is 99.6 cm³/mol. The highest BCUT2D eigenvalue weighted by Gasteiger charge is 2.23. The summed E-state index contributed by atoms with van der Waals surface area (Å²) < 4.78 is 7.26. The summed E-state index contributed by atoms with van der Waals surface area (Å²) in [6.45, 7) is 2.15. The summed E-state index contributed by atoms with van der Waals surface area (Å²) in [5, 5.41) is 8.35. The fraction of sp³-hybridized carbons (Fsp3) is 0.333. The Balaban J connectivity index is 1.68. The first-order valence-corrected chi connectivity index (χ1v) is 9.08. The van der Waals surface area contributed by atoms with Crippen LogP contribution in [-0.4, -0.2) is 27.8 Å². The lowest BCUT2D eigenvalue weighted by Gasteiger charge is -2.21. The molecule has 1 aliphatic rings. The van der Waals surface area contributed by atoms with Crippen molar-refractivity contribution in [2.45, 2.75) is 25.3 Å². The number of anilines is 1.